The van der Waals surface area contributed by atoms with Gasteiger partial charge >= 0.3 is 12.1 Å². The zero-order valence-corrected chi connectivity index (χ0v) is 19.9. The third-order valence-electron chi connectivity index (χ3n) is 5.78. The number of benzene rings is 1. The van der Waals surface area contributed by atoms with Gasteiger partial charge in [-0.3, -0.25) is 4.79 Å². The molecule has 0 saturated carbocycles. The molecule has 2 N–H and O–H groups in total. The number of carboxylic acid groups (broad SMARTS) is 1. The number of alkyl carbamates (subject to hydrolysis) is 1. The first-order chi connectivity index (χ1) is 16.1. The van der Waals surface area contributed by atoms with E-state index >= 15 is 0 Å². The standard InChI is InChI=1S/C25H31N3O6/c1-25(2,3)21(27-24(32)33-4)22(29)28-14-16(13-19(28)23(30)31)15-34-20-12-8-11-18(26-20)17-9-6-5-7-10-17/h5-12,16,19,21H,13-15H2,1-4H3,(H,27,32)(H,30,31)/t16?,19-,21+/m0/s1. The van der Waals surface area contributed by atoms with E-state index in [0.29, 0.717) is 5.88 Å². The molecule has 3 rings (SSSR count). The summed E-state index contributed by atoms with van der Waals surface area (Å²) in [6.07, 6.45) is -0.502. The summed E-state index contributed by atoms with van der Waals surface area (Å²) in [6, 6.07) is 13.2. The molecule has 1 aliphatic heterocycles. The van der Waals surface area contributed by atoms with E-state index in [0.717, 1.165) is 11.3 Å². The Kier molecular flexibility index (Phi) is 7.75. The van der Waals surface area contributed by atoms with Crippen LogP contribution in [0.5, 0.6) is 5.88 Å². The molecule has 1 saturated heterocycles. The smallest absolute Gasteiger partial charge is 0.407 e. The zero-order chi connectivity index (χ0) is 24.9. The molecule has 0 bridgehead atoms. The van der Waals surface area contributed by atoms with Crippen molar-refractivity contribution in [1.82, 2.24) is 15.2 Å². The summed E-state index contributed by atoms with van der Waals surface area (Å²) in [7, 11) is 1.21. The van der Waals surface area contributed by atoms with Crippen LogP contribution in [0.2, 0.25) is 0 Å². The van der Waals surface area contributed by atoms with Gasteiger partial charge in [-0.25, -0.2) is 14.6 Å². The molecule has 3 atom stereocenters. The lowest BCUT2D eigenvalue weighted by Gasteiger charge is -2.34. The zero-order valence-electron chi connectivity index (χ0n) is 19.9. The van der Waals surface area contributed by atoms with Gasteiger partial charge < -0.3 is 24.8 Å². The number of carbonyl (C=O) groups is 3. The SMILES string of the molecule is COC(=O)N[C@H](C(=O)N1CC(COc2cccc(-c3ccccc3)n2)C[C@H]1C(=O)O)C(C)(C)C. The number of hydrogen-bond acceptors (Lipinski definition) is 6. The van der Waals surface area contributed by atoms with Gasteiger partial charge in [-0.2, -0.15) is 0 Å². The number of nitrogens with one attached hydrogen (secondary N) is 1. The lowest BCUT2D eigenvalue weighted by molar-refractivity contribution is -0.150. The molecule has 2 amide bonds. The van der Waals surface area contributed by atoms with E-state index in [2.05, 4.69) is 15.0 Å². The van der Waals surface area contributed by atoms with Crippen molar-refractivity contribution < 1.29 is 29.0 Å². The van der Waals surface area contributed by atoms with Crippen molar-refractivity contribution in [3.63, 3.8) is 0 Å². The number of nitrogens with zero attached hydrogens (tertiary/aromatic N) is 2. The van der Waals surface area contributed by atoms with Crippen molar-refractivity contribution in [2.24, 2.45) is 11.3 Å². The van der Waals surface area contributed by atoms with Crippen molar-refractivity contribution >= 4 is 18.0 Å². The predicted molar refractivity (Wildman–Crippen MR) is 125 cm³/mol. The molecule has 9 nitrogen and oxygen atoms in total. The monoisotopic (exact) mass is 469 g/mol. The Bertz CT molecular complexity index is 1020. The summed E-state index contributed by atoms with van der Waals surface area (Å²) in [6.45, 7) is 5.79. The molecule has 1 unspecified atom stereocenters. The van der Waals surface area contributed by atoms with Crippen LogP contribution in [0, 0.1) is 11.3 Å². The van der Waals surface area contributed by atoms with Gasteiger partial charge in [-0.15, -0.1) is 0 Å². The maximum absolute atomic E-state index is 13.3. The molecule has 0 spiro atoms. The highest BCUT2D eigenvalue weighted by Crippen LogP contribution is 2.29. The number of pyridine rings is 1. The second kappa shape index (κ2) is 10.5. The van der Waals surface area contributed by atoms with E-state index in [9.17, 15) is 19.5 Å². The van der Waals surface area contributed by atoms with Crippen molar-refractivity contribution in [2.75, 3.05) is 20.3 Å². The fourth-order valence-corrected chi connectivity index (χ4v) is 3.98. The lowest BCUT2D eigenvalue weighted by Crippen LogP contribution is -2.56. The minimum absolute atomic E-state index is 0.198. The van der Waals surface area contributed by atoms with E-state index in [1.54, 1.807) is 26.8 Å². The van der Waals surface area contributed by atoms with Crippen molar-refractivity contribution in [2.45, 2.75) is 39.3 Å². The average Bonchev–Trinajstić information content (AvgIpc) is 3.25. The van der Waals surface area contributed by atoms with Gasteiger partial charge in [0.25, 0.3) is 0 Å². The quantitative estimate of drug-likeness (QED) is 0.639. The van der Waals surface area contributed by atoms with Gasteiger partial charge in [0.2, 0.25) is 11.8 Å². The van der Waals surface area contributed by atoms with Gasteiger partial charge in [-0.05, 0) is 17.9 Å². The summed E-state index contributed by atoms with van der Waals surface area (Å²) < 4.78 is 10.5. The van der Waals surface area contributed by atoms with Gasteiger partial charge in [0, 0.05) is 24.1 Å². The van der Waals surface area contributed by atoms with Crippen LogP contribution in [0.1, 0.15) is 27.2 Å². The first-order valence-electron chi connectivity index (χ1n) is 11.1. The molecule has 1 fully saturated rings. The molecular weight excluding hydrogens is 438 g/mol. The fourth-order valence-electron chi connectivity index (χ4n) is 3.98. The van der Waals surface area contributed by atoms with E-state index in [1.165, 1.54) is 12.0 Å². The van der Waals surface area contributed by atoms with E-state index in [-0.39, 0.29) is 25.5 Å². The molecule has 0 aliphatic carbocycles. The van der Waals surface area contributed by atoms with Gasteiger partial charge in [0.15, 0.2) is 0 Å². The first-order valence-corrected chi connectivity index (χ1v) is 11.1. The van der Waals surface area contributed by atoms with Crippen LogP contribution < -0.4 is 10.1 Å². The van der Waals surface area contributed by atoms with Crippen LogP contribution >= 0.6 is 0 Å². The number of ether oxygens (including phenoxy) is 2. The number of methoxy groups -OCH3 is 1. The number of aliphatic carboxylic acids is 1. The molecule has 2 aromatic rings. The molecule has 0 radical (unpaired) electrons. The summed E-state index contributed by atoms with van der Waals surface area (Å²) in [4.78, 5) is 42.9. The predicted octanol–water partition coefficient (Wildman–Crippen LogP) is 3.20. The molecule has 9 heteroatoms. The van der Waals surface area contributed by atoms with E-state index in [4.69, 9.17) is 4.74 Å². The average molecular weight is 470 g/mol. The Hall–Kier alpha value is -3.62. The maximum Gasteiger partial charge on any atom is 0.407 e. The van der Waals surface area contributed by atoms with Crippen LogP contribution in [0.4, 0.5) is 4.79 Å². The third-order valence-corrected chi connectivity index (χ3v) is 5.78. The van der Waals surface area contributed by atoms with Gasteiger partial charge in [0.05, 0.1) is 19.4 Å². The van der Waals surface area contributed by atoms with Crippen LogP contribution in [0.15, 0.2) is 48.5 Å². The summed E-state index contributed by atoms with van der Waals surface area (Å²) in [5, 5.41) is 12.3. The second-order valence-corrected chi connectivity index (χ2v) is 9.42. The van der Waals surface area contributed by atoms with Crippen LogP contribution in [-0.2, 0) is 14.3 Å². The number of likely N-dealkylation sites (tertiary alicyclic amines) is 1. The molecule has 1 aromatic heterocycles. The Balaban J connectivity index is 1.71. The molecule has 34 heavy (non-hydrogen) atoms. The number of aromatic nitrogens is 1. The summed E-state index contributed by atoms with van der Waals surface area (Å²) >= 11 is 0. The van der Waals surface area contributed by atoms with E-state index in [1.807, 2.05) is 42.5 Å². The molecule has 1 aromatic carbocycles. The number of carboxylic acids is 1. The van der Waals surface area contributed by atoms with Crippen molar-refractivity contribution in [1.29, 1.82) is 0 Å². The minimum atomic E-state index is -1.09. The molecular formula is C25H31N3O6. The lowest BCUT2D eigenvalue weighted by atomic mass is 9.85. The molecule has 182 valence electrons. The Labute approximate surface area is 199 Å². The van der Waals surface area contributed by atoms with Crippen molar-refractivity contribution in [3.05, 3.63) is 48.5 Å². The maximum atomic E-state index is 13.3. The highest BCUT2D eigenvalue weighted by Gasteiger charge is 2.45. The normalized spacial score (nSPS) is 18.8. The van der Waals surface area contributed by atoms with Crippen LogP contribution in [0.25, 0.3) is 11.3 Å². The largest absolute Gasteiger partial charge is 0.480 e. The first kappa shape index (κ1) is 25.0. The fraction of sp³-hybridized carbons (Fsp3) is 0.440. The van der Waals surface area contributed by atoms with Crippen molar-refractivity contribution in [3.8, 4) is 17.1 Å². The number of carbonyl (C=O) groups excluding carboxylic acids is 2. The Morgan fingerprint density at radius 1 is 1.15 bits per heavy atom. The summed E-state index contributed by atoms with van der Waals surface area (Å²) in [5.74, 6) is -1.33. The second-order valence-electron chi connectivity index (χ2n) is 9.42. The number of rotatable bonds is 7. The van der Waals surface area contributed by atoms with Gasteiger partial charge in [0.1, 0.15) is 12.1 Å². The molecule has 2 heterocycles. The highest BCUT2D eigenvalue weighted by atomic mass is 16.5. The number of amides is 2. The van der Waals surface area contributed by atoms with Crippen LogP contribution in [-0.4, -0.2) is 65.3 Å². The highest BCUT2D eigenvalue weighted by molar-refractivity contribution is 5.90. The van der Waals surface area contributed by atoms with Gasteiger partial charge in [-0.1, -0.05) is 57.2 Å². The Morgan fingerprint density at radius 2 is 1.85 bits per heavy atom. The van der Waals surface area contributed by atoms with Crippen LogP contribution in [0.3, 0.4) is 0 Å². The third kappa shape index (κ3) is 6.03. The minimum Gasteiger partial charge on any atom is -0.480 e. The molecule has 1 aliphatic rings. The van der Waals surface area contributed by atoms with E-state index < -0.39 is 35.5 Å². The Morgan fingerprint density at radius 3 is 2.47 bits per heavy atom. The number of hydrogen-bond donors (Lipinski definition) is 2. The topological polar surface area (TPSA) is 118 Å². The summed E-state index contributed by atoms with van der Waals surface area (Å²) in [5.41, 5.74) is 1.08.